The van der Waals surface area contributed by atoms with Crippen molar-refractivity contribution in [2.24, 2.45) is 5.92 Å². The molecule has 0 radical (unpaired) electrons. The molecule has 0 saturated carbocycles. The van der Waals surface area contributed by atoms with Gasteiger partial charge < -0.3 is 9.47 Å². The van der Waals surface area contributed by atoms with Crippen LogP contribution in [0.2, 0.25) is 0 Å². The third-order valence-corrected chi connectivity index (χ3v) is 5.12. The lowest BCUT2D eigenvalue weighted by molar-refractivity contribution is 0.0283. The fraction of sp³-hybridized carbons (Fsp3) is 0.909. The third kappa shape index (κ3) is 27.9. The Morgan fingerprint density at radius 2 is 1.10 bits per heavy atom. The van der Waals surface area contributed by atoms with Crippen LogP contribution in [0, 0.1) is 5.92 Å². The standard InChI is InChI=1S/C22H46O6P/c1-22(2)16-14-12-10-8-6-4-3-5-7-9-11-13-15-17-26-18-19-27-20-21-28-29(23,24)25/h4,6,22-25H,3,5,7-21H2,1-2H3/q+1/b6-4-. The number of hydrogen-bond donors (Lipinski definition) is 3. The normalized spacial score (nSPS) is 12.5. The van der Waals surface area contributed by atoms with Gasteiger partial charge in [0, 0.05) is 6.61 Å². The molecule has 0 aliphatic rings. The largest absolute Gasteiger partial charge is 0.567 e. The Kier molecular flexibility index (Phi) is 21.1. The molecule has 0 aromatic heterocycles. The van der Waals surface area contributed by atoms with Crippen LogP contribution in [0.1, 0.15) is 90.9 Å². The van der Waals surface area contributed by atoms with Crippen molar-refractivity contribution < 1.29 is 28.7 Å². The van der Waals surface area contributed by atoms with Gasteiger partial charge in [0.2, 0.25) is 0 Å². The van der Waals surface area contributed by atoms with E-state index in [0.717, 1.165) is 18.9 Å². The highest BCUT2D eigenvalue weighted by Gasteiger charge is 2.32. The Labute approximate surface area is 179 Å². The van der Waals surface area contributed by atoms with Crippen molar-refractivity contribution in [3.05, 3.63) is 12.2 Å². The molecule has 0 aliphatic heterocycles. The number of rotatable bonds is 22. The lowest BCUT2D eigenvalue weighted by atomic mass is 10.0. The van der Waals surface area contributed by atoms with Crippen LogP contribution < -0.4 is 0 Å². The van der Waals surface area contributed by atoms with Gasteiger partial charge in [0.05, 0.1) is 19.8 Å². The van der Waals surface area contributed by atoms with E-state index in [9.17, 15) is 0 Å². The molecule has 0 aromatic carbocycles. The minimum absolute atomic E-state index is 0.0501. The van der Waals surface area contributed by atoms with Gasteiger partial charge in [-0.2, -0.15) is 19.2 Å². The van der Waals surface area contributed by atoms with Crippen molar-refractivity contribution in [2.75, 3.05) is 33.0 Å². The maximum Gasteiger partial charge on any atom is 0.567 e. The van der Waals surface area contributed by atoms with Crippen molar-refractivity contribution in [3.63, 3.8) is 0 Å². The van der Waals surface area contributed by atoms with Gasteiger partial charge in [0.1, 0.15) is 6.61 Å². The Morgan fingerprint density at radius 3 is 1.69 bits per heavy atom. The second-order valence-electron chi connectivity index (χ2n) is 7.98. The number of unbranched alkanes of at least 4 members (excludes halogenated alkanes) is 9. The molecule has 0 unspecified atom stereocenters. The SMILES string of the molecule is CC(C)CCCCC/C=C\CCCCCCCCOCCOCCO[P+](O)(O)O. The van der Waals surface area contributed by atoms with Crippen molar-refractivity contribution >= 4 is 8.17 Å². The first-order valence-corrected chi connectivity index (χ1v) is 13.0. The molecule has 0 rings (SSSR count). The van der Waals surface area contributed by atoms with Gasteiger partial charge in [0.25, 0.3) is 0 Å². The van der Waals surface area contributed by atoms with E-state index in [2.05, 4.69) is 30.5 Å². The Balaban J connectivity index is 3.11. The number of hydrogen-bond acceptors (Lipinski definition) is 6. The van der Waals surface area contributed by atoms with E-state index < -0.39 is 8.17 Å². The van der Waals surface area contributed by atoms with Crippen molar-refractivity contribution in [2.45, 2.75) is 90.9 Å². The predicted octanol–water partition coefficient (Wildman–Crippen LogP) is 5.58. The fourth-order valence-electron chi connectivity index (χ4n) is 2.94. The van der Waals surface area contributed by atoms with E-state index in [1.54, 1.807) is 0 Å². The van der Waals surface area contributed by atoms with Gasteiger partial charge in [-0.1, -0.05) is 70.9 Å². The molecule has 29 heavy (non-hydrogen) atoms. The monoisotopic (exact) mass is 437 g/mol. The first-order chi connectivity index (χ1) is 13.9. The fourth-order valence-corrected chi connectivity index (χ4v) is 3.26. The summed E-state index contributed by atoms with van der Waals surface area (Å²) in [6.45, 7) is 6.44. The zero-order valence-electron chi connectivity index (χ0n) is 18.8. The first-order valence-electron chi connectivity index (χ1n) is 11.4. The van der Waals surface area contributed by atoms with Gasteiger partial charge in [-0.05, 0) is 38.0 Å². The molecule has 0 bridgehead atoms. The highest BCUT2D eigenvalue weighted by Crippen LogP contribution is 2.45. The lowest BCUT2D eigenvalue weighted by Crippen LogP contribution is -2.10. The van der Waals surface area contributed by atoms with E-state index in [1.807, 2.05) is 0 Å². The molecule has 0 fully saturated rings. The molecule has 0 amide bonds. The Morgan fingerprint density at radius 1 is 0.621 bits per heavy atom. The van der Waals surface area contributed by atoms with Crippen LogP contribution in [0.5, 0.6) is 0 Å². The topological polar surface area (TPSA) is 88.4 Å². The molecule has 0 saturated heterocycles. The van der Waals surface area contributed by atoms with Crippen LogP contribution in [-0.4, -0.2) is 47.7 Å². The third-order valence-electron chi connectivity index (χ3n) is 4.59. The Hall–Kier alpha value is -0.0700. The molecular formula is C22H46O6P+. The molecule has 0 aromatic rings. The second kappa shape index (κ2) is 21.2. The predicted molar refractivity (Wildman–Crippen MR) is 121 cm³/mol. The molecule has 3 N–H and O–H groups in total. The highest BCUT2D eigenvalue weighted by atomic mass is 31.2. The first kappa shape index (κ1) is 28.9. The highest BCUT2D eigenvalue weighted by molar-refractivity contribution is 7.53. The van der Waals surface area contributed by atoms with E-state index in [4.69, 9.17) is 24.2 Å². The van der Waals surface area contributed by atoms with E-state index >= 15 is 0 Å². The van der Waals surface area contributed by atoms with Crippen LogP contribution in [0.25, 0.3) is 0 Å². The van der Waals surface area contributed by atoms with Crippen LogP contribution in [0.3, 0.4) is 0 Å². The Bertz CT molecular complexity index is 358. The smallest absolute Gasteiger partial charge is 0.379 e. The zero-order valence-corrected chi connectivity index (χ0v) is 19.7. The average Bonchev–Trinajstić information content (AvgIpc) is 2.64. The summed E-state index contributed by atoms with van der Waals surface area (Å²) in [5, 5.41) is 0. The van der Waals surface area contributed by atoms with Gasteiger partial charge in [0.15, 0.2) is 0 Å². The molecule has 0 spiro atoms. The summed E-state index contributed by atoms with van der Waals surface area (Å²) >= 11 is 0. The summed E-state index contributed by atoms with van der Waals surface area (Å²) < 4.78 is 15.1. The molecule has 0 atom stereocenters. The molecule has 174 valence electrons. The summed E-state index contributed by atoms with van der Waals surface area (Å²) in [5.74, 6) is 0.844. The average molecular weight is 438 g/mol. The van der Waals surface area contributed by atoms with Crippen LogP contribution in [0.4, 0.5) is 0 Å². The minimum Gasteiger partial charge on any atom is -0.379 e. The van der Waals surface area contributed by atoms with Crippen molar-refractivity contribution in [3.8, 4) is 0 Å². The minimum atomic E-state index is -4.13. The summed E-state index contributed by atoms with van der Waals surface area (Å²) in [5.41, 5.74) is 0. The van der Waals surface area contributed by atoms with E-state index in [-0.39, 0.29) is 13.2 Å². The zero-order chi connectivity index (χ0) is 21.6. The van der Waals surface area contributed by atoms with Gasteiger partial charge in [-0.25, -0.2) is 0 Å². The van der Waals surface area contributed by atoms with Gasteiger partial charge in [-0.15, -0.1) is 0 Å². The molecule has 7 heteroatoms. The maximum atomic E-state index is 8.61. The van der Waals surface area contributed by atoms with E-state index in [0.29, 0.717) is 13.2 Å². The van der Waals surface area contributed by atoms with Crippen LogP contribution in [0.15, 0.2) is 12.2 Å². The quantitative estimate of drug-likeness (QED) is 0.116. The van der Waals surface area contributed by atoms with E-state index in [1.165, 1.54) is 70.6 Å². The number of ether oxygens (including phenoxy) is 2. The van der Waals surface area contributed by atoms with Crippen LogP contribution in [-0.2, 0) is 14.0 Å². The maximum absolute atomic E-state index is 8.61. The summed E-state index contributed by atoms with van der Waals surface area (Å²) in [6.07, 6.45) is 20.1. The lowest BCUT2D eigenvalue weighted by Gasteiger charge is -2.06. The molecule has 0 heterocycles. The van der Waals surface area contributed by atoms with Gasteiger partial charge in [-0.3, -0.25) is 0 Å². The number of allylic oxidation sites excluding steroid dienone is 2. The van der Waals surface area contributed by atoms with Crippen molar-refractivity contribution in [1.82, 2.24) is 0 Å². The summed E-state index contributed by atoms with van der Waals surface area (Å²) in [7, 11) is -4.13. The van der Waals surface area contributed by atoms with Crippen molar-refractivity contribution in [1.29, 1.82) is 0 Å². The van der Waals surface area contributed by atoms with Crippen LogP contribution >= 0.6 is 8.17 Å². The van der Waals surface area contributed by atoms with Gasteiger partial charge >= 0.3 is 8.17 Å². The second-order valence-corrected chi connectivity index (χ2v) is 9.27. The molecular weight excluding hydrogens is 391 g/mol. The summed E-state index contributed by atoms with van der Waals surface area (Å²) in [4.78, 5) is 25.8. The molecule has 6 nitrogen and oxygen atoms in total. The summed E-state index contributed by atoms with van der Waals surface area (Å²) in [6, 6.07) is 0. The molecule has 0 aliphatic carbocycles.